The summed E-state index contributed by atoms with van der Waals surface area (Å²) in [4.78, 5) is 13.6. The van der Waals surface area contributed by atoms with E-state index in [1.807, 2.05) is 0 Å². The summed E-state index contributed by atoms with van der Waals surface area (Å²) in [5.74, 6) is -1.39. The summed E-state index contributed by atoms with van der Waals surface area (Å²) in [6.45, 7) is -0.000866. The van der Waals surface area contributed by atoms with E-state index in [2.05, 4.69) is 0 Å². The number of rotatable bonds is 7. The van der Waals surface area contributed by atoms with Gasteiger partial charge in [-0.2, -0.15) is 0 Å². The molecule has 0 amide bonds. The van der Waals surface area contributed by atoms with Gasteiger partial charge in [0, 0.05) is 17.7 Å². The molecule has 0 spiro atoms. The molecule has 14 atom stereocenters. The number of aromatic hydroxyl groups is 2. The van der Waals surface area contributed by atoms with E-state index in [4.69, 9.17) is 28.1 Å². The molecule has 0 saturated carbocycles. The molecule has 6 rings (SSSR count). The fourth-order valence-corrected chi connectivity index (χ4v) is 6.20. The van der Waals surface area contributed by atoms with Gasteiger partial charge in [0.25, 0.3) is 0 Å². The molecule has 3 saturated heterocycles. The zero-order valence-electron chi connectivity index (χ0n) is 26.2. The molecule has 3 aliphatic heterocycles. The van der Waals surface area contributed by atoms with Crippen LogP contribution in [-0.4, -0.2) is 149 Å². The number of fused-ring (bicyclic) bond motifs is 1. The van der Waals surface area contributed by atoms with Crippen molar-refractivity contribution >= 4 is 11.0 Å². The van der Waals surface area contributed by atoms with E-state index < -0.39 is 127 Å². The highest BCUT2D eigenvalue weighted by Gasteiger charge is 2.52. The second kappa shape index (κ2) is 14.3. The number of aliphatic hydroxyl groups excluding tert-OH is 9. The largest absolute Gasteiger partial charge is 0.508 e. The van der Waals surface area contributed by atoms with Gasteiger partial charge in [-0.3, -0.25) is 4.79 Å². The summed E-state index contributed by atoms with van der Waals surface area (Å²) in [6, 6.07) is 7.77. The summed E-state index contributed by atoms with van der Waals surface area (Å²) in [5, 5.41) is 115. The van der Waals surface area contributed by atoms with E-state index in [0.29, 0.717) is 5.56 Å². The summed E-state index contributed by atoms with van der Waals surface area (Å²) in [5.41, 5.74) is -1.20. The molecule has 5 unspecified atom stereocenters. The lowest BCUT2D eigenvalue weighted by molar-refractivity contribution is -0.338. The predicted octanol–water partition coefficient (Wildman–Crippen LogP) is -2.94. The minimum absolute atomic E-state index is 0.000380. The molecular formula is C32H38O18. The zero-order chi connectivity index (χ0) is 36.2. The zero-order valence-corrected chi connectivity index (χ0v) is 26.2. The summed E-state index contributed by atoms with van der Waals surface area (Å²) in [6.07, 6.45) is -23.8. The Morgan fingerprint density at radius 1 is 0.800 bits per heavy atom. The summed E-state index contributed by atoms with van der Waals surface area (Å²) in [7, 11) is 0. The average Bonchev–Trinajstić information content (AvgIpc) is 3.09. The number of benzene rings is 2. The van der Waals surface area contributed by atoms with E-state index in [-0.39, 0.29) is 17.1 Å². The van der Waals surface area contributed by atoms with Gasteiger partial charge in [-0.25, -0.2) is 0 Å². The molecular weight excluding hydrogens is 672 g/mol. The molecule has 1 aromatic heterocycles. The molecule has 0 aliphatic carbocycles. The number of ether oxygens (including phenoxy) is 5. The second-order valence-corrected chi connectivity index (χ2v) is 12.4. The number of phenolic OH excluding ortho intramolecular Hbond substituents is 2. The maximum Gasteiger partial charge on any atom is 0.228 e. The van der Waals surface area contributed by atoms with Crippen molar-refractivity contribution in [1.82, 2.24) is 0 Å². The predicted molar refractivity (Wildman–Crippen MR) is 164 cm³/mol. The minimum atomic E-state index is -1.97. The van der Waals surface area contributed by atoms with Gasteiger partial charge in [-0.05, 0) is 31.2 Å². The van der Waals surface area contributed by atoms with Crippen molar-refractivity contribution < 1.29 is 84.3 Å². The van der Waals surface area contributed by atoms with Gasteiger partial charge in [0.15, 0.2) is 11.7 Å². The van der Waals surface area contributed by atoms with Crippen LogP contribution in [0.1, 0.15) is 18.6 Å². The normalized spacial score (nSPS) is 37.9. The number of phenols is 2. The highest BCUT2D eigenvalue weighted by atomic mass is 16.7. The molecule has 3 aliphatic rings. The first-order chi connectivity index (χ1) is 23.7. The van der Waals surface area contributed by atoms with Crippen LogP contribution in [0.25, 0.3) is 22.3 Å². The van der Waals surface area contributed by atoms with Gasteiger partial charge in [-0.15, -0.1) is 0 Å². The first kappa shape index (κ1) is 36.3. The smallest absolute Gasteiger partial charge is 0.228 e. The maximum absolute atomic E-state index is 13.6. The molecule has 3 aromatic rings. The van der Waals surface area contributed by atoms with Gasteiger partial charge >= 0.3 is 0 Å². The molecule has 3 fully saturated rings. The fourth-order valence-electron chi connectivity index (χ4n) is 6.20. The Kier molecular flexibility index (Phi) is 10.4. The highest BCUT2D eigenvalue weighted by Crippen LogP contribution is 2.47. The molecule has 0 radical (unpaired) electrons. The number of aliphatic hydroxyl groups is 9. The molecule has 18 heteroatoms. The van der Waals surface area contributed by atoms with Crippen LogP contribution in [0.5, 0.6) is 17.2 Å². The van der Waals surface area contributed by atoms with Crippen molar-refractivity contribution in [3.63, 3.8) is 0 Å². The van der Waals surface area contributed by atoms with Crippen LogP contribution in [-0.2, 0) is 18.9 Å². The van der Waals surface area contributed by atoms with Gasteiger partial charge in [0.2, 0.25) is 6.29 Å². The van der Waals surface area contributed by atoms with E-state index in [1.165, 1.54) is 31.2 Å². The van der Waals surface area contributed by atoms with Crippen LogP contribution in [0.3, 0.4) is 0 Å². The third-order valence-corrected chi connectivity index (χ3v) is 9.09. The quantitative estimate of drug-likeness (QED) is 0.117. The monoisotopic (exact) mass is 710 g/mol. The molecule has 18 nitrogen and oxygen atoms in total. The third-order valence-electron chi connectivity index (χ3n) is 9.09. The first-order valence-electron chi connectivity index (χ1n) is 15.6. The molecule has 50 heavy (non-hydrogen) atoms. The Hall–Kier alpha value is -3.47. The third kappa shape index (κ3) is 6.55. The van der Waals surface area contributed by atoms with Gasteiger partial charge < -0.3 is 84.3 Å². The maximum atomic E-state index is 13.6. The lowest BCUT2D eigenvalue weighted by atomic mass is 9.89. The molecule has 0 bridgehead atoms. The van der Waals surface area contributed by atoms with Crippen molar-refractivity contribution in [1.29, 1.82) is 0 Å². The van der Waals surface area contributed by atoms with E-state index in [9.17, 15) is 61.0 Å². The molecule has 2 aromatic carbocycles. The highest BCUT2D eigenvalue weighted by molar-refractivity contribution is 5.88. The average molecular weight is 711 g/mol. The van der Waals surface area contributed by atoms with Crippen molar-refractivity contribution in [2.24, 2.45) is 0 Å². The number of hydrogen-bond acceptors (Lipinski definition) is 18. The summed E-state index contributed by atoms with van der Waals surface area (Å²) >= 11 is 0. The van der Waals surface area contributed by atoms with E-state index >= 15 is 0 Å². The van der Waals surface area contributed by atoms with Crippen LogP contribution in [0.2, 0.25) is 0 Å². The van der Waals surface area contributed by atoms with Crippen molar-refractivity contribution in [3.05, 3.63) is 52.2 Å². The summed E-state index contributed by atoms with van der Waals surface area (Å²) < 4.78 is 34.5. The topological polar surface area (TPSA) is 299 Å². The van der Waals surface area contributed by atoms with Crippen molar-refractivity contribution in [2.45, 2.75) is 92.8 Å². The Morgan fingerprint density at radius 2 is 1.48 bits per heavy atom. The van der Waals surface area contributed by atoms with Crippen molar-refractivity contribution in [2.75, 3.05) is 13.2 Å². The molecule has 11 N–H and O–H groups in total. The lowest BCUT2D eigenvalue weighted by Gasteiger charge is -2.46. The van der Waals surface area contributed by atoms with E-state index in [0.717, 1.165) is 12.1 Å². The van der Waals surface area contributed by atoms with Crippen molar-refractivity contribution in [3.8, 4) is 28.6 Å². The number of hydrogen-bond donors (Lipinski definition) is 11. The van der Waals surface area contributed by atoms with Gasteiger partial charge in [0.05, 0.1) is 24.9 Å². The van der Waals surface area contributed by atoms with Crippen LogP contribution >= 0.6 is 0 Å². The van der Waals surface area contributed by atoms with Gasteiger partial charge in [-0.1, -0.05) is 0 Å². The first-order valence-corrected chi connectivity index (χ1v) is 15.6. The van der Waals surface area contributed by atoms with Gasteiger partial charge in [0.1, 0.15) is 101 Å². The standard InChI is InChI=1S/C32H38O18/c1-10-21(37)25(41)28(44)32(46-10)50-30-26(42)23(39)18(8-33)48-29(30)20-17(49-31-27(43)22(38)14(36)9-45-31)7-16-19(24(20)40)13(35)6-15(47-16)11-2-4-12(34)5-3-11/h2-7,10,14,18,21-23,25-34,36-44H,8-9H2,1H3/t10?,14-,18?,21+,22+,23-,25+,26+,27?,28?,29+,30?,31+,32+/m1/s1. The van der Waals surface area contributed by atoms with Crippen LogP contribution in [0.15, 0.2) is 45.6 Å². The SMILES string of the molecule is CC1O[C@@H](OC2[C@@H](O)[C@H](O)C(CO)O[C@H]2c2c(O[C@@H]3OC[C@@H](O)[C@H](O)C3O)cc3oc(-c4ccc(O)cc4)cc(=O)c3c2O)C(O)[C@@H](O)[C@H]1O. The Morgan fingerprint density at radius 3 is 2.16 bits per heavy atom. The van der Waals surface area contributed by atoms with Crippen LogP contribution < -0.4 is 10.2 Å². The lowest BCUT2D eigenvalue weighted by Crippen LogP contribution is -2.62. The Bertz CT molecular complexity index is 1710. The minimum Gasteiger partial charge on any atom is -0.508 e. The fraction of sp³-hybridized carbons (Fsp3) is 0.531. The Balaban J connectivity index is 1.51. The molecule has 274 valence electrons. The van der Waals surface area contributed by atoms with E-state index in [1.54, 1.807) is 0 Å². The molecule has 4 heterocycles. The Labute approximate surface area is 282 Å². The van der Waals surface area contributed by atoms with Crippen LogP contribution in [0.4, 0.5) is 0 Å². The second-order valence-electron chi connectivity index (χ2n) is 12.4. The van der Waals surface area contributed by atoms with Crippen LogP contribution in [0, 0.1) is 0 Å².